The van der Waals surface area contributed by atoms with Gasteiger partial charge >= 0.3 is 0 Å². The summed E-state index contributed by atoms with van der Waals surface area (Å²) in [4.78, 5) is 14.2. The van der Waals surface area contributed by atoms with Crippen molar-refractivity contribution in [2.75, 3.05) is 13.2 Å². The topological polar surface area (TPSA) is 124 Å². The van der Waals surface area contributed by atoms with Crippen LogP contribution < -0.4 is 5.73 Å². The molecule has 1 fully saturated rings. The third-order valence-electron chi connectivity index (χ3n) is 2.29. The maximum atomic E-state index is 10.8. The maximum absolute atomic E-state index is 10.8. The fourth-order valence-corrected chi connectivity index (χ4v) is 2.30. The molecule has 9 heteroatoms. The normalized spacial score (nSPS) is 16.3. The molecule has 3 N–H and O–H groups in total. The first kappa shape index (κ1) is 12.6. The van der Waals surface area contributed by atoms with Crippen molar-refractivity contribution in [1.82, 2.24) is 4.98 Å². The molecule has 0 spiro atoms. The lowest BCUT2D eigenvalue weighted by atomic mass is 10.3. The van der Waals surface area contributed by atoms with Gasteiger partial charge in [0, 0.05) is 6.07 Å². The number of amidine groups is 1. The van der Waals surface area contributed by atoms with Crippen LogP contribution in [0.3, 0.4) is 0 Å². The summed E-state index contributed by atoms with van der Waals surface area (Å²) < 4.78 is 5.02. The van der Waals surface area contributed by atoms with Gasteiger partial charge in [-0.1, -0.05) is 16.9 Å². The SMILES string of the molecule is N/C(=N/O)c1nc(SC2COC2)ccc1[N+](=O)[O-]. The molecule has 8 nitrogen and oxygen atoms in total. The summed E-state index contributed by atoms with van der Waals surface area (Å²) in [5.41, 5.74) is 4.95. The van der Waals surface area contributed by atoms with Gasteiger partial charge in [0.25, 0.3) is 5.69 Å². The minimum atomic E-state index is -0.624. The fourth-order valence-electron chi connectivity index (χ4n) is 1.34. The van der Waals surface area contributed by atoms with E-state index in [4.69, 9.17) is 15.7 Å². The molecule has 96 valence electrons. The first-order chi connectivity index (χ1) is 8.61. The Morgan fingerprint density at radius 3 is 2.89 bits per heavy atom. The lowest BCUT2D eigenvalue weighted by molar-refractivity contribution is -0.385. The van der Waals surface area contributed by atoms with E-state index in [2.05, 4.69) is 10.1 Å². The van der Waals surface area contributed by atoms with Gasteiger partial charge in [-0.15, -0.1) is 0 Å². The smallest absolute Gasteiger partial charge is 0.298 e. The Labute approximate surface area is 106 Å². The highest BCUT2D eigenvalue weighted by atomic mass is 32.2. The van der Waals surface area contributed by atoms with Gasteiger partial charge in [0.15, 0.2) is 11.5 Å². The molecule has 0 aromatic carbocycles. The van der Waals surface area contributed by atoms with E-state index in [1.54, 1.807) is 0 Å². The average molecular weight is 270 g/mol. The Bertz CT molecular complexity index is 503. The van der Waals surface area contributed by atoms with Gasteiger partial charge in [0.05, 0.1) is 28.4 Å². The standard InChI is InChI=1S/C9H10N4O4S/c10-9(12-14)8-6(13(15)16)1-2-7(11-8)18-5-3-17-4-5/h1-2,5,14H,3-4H2,(H2,10,12). The molecular weight excluding hydrogens is 260 g/mol. The third kappa shape index (κ3) is 2.51. The predicted octanol–water partition coefficient (Wildman–Crippen LogP) is 0.575. The Morgan fingerprint density at radius 2 is 2.39 bits per heavy atom. The number of oxime groups is 1. The minimum Gasteiger partial charge on any atom is -0.409 e. The van der Waals surface area contributed by atoms with Crippen LogP contribution in [0.2, 0.25) is 0 Å². The van der Waals surface area contributed by atoms with Crippen LogP contribution in [0.15, 0.2) is 22.3 Å². The summed E-state index contributed by atoms with van der Waals surface area (Å²) in [6.07, 6.45) is 0. The zero-order chi connectivity index (χ0) is 13.1. The second kappa shape index (κ2) is 5.19. The number of nitrogens with zero attached hydrogens (tertiary/aromatic N) is 3. The van der Waals surface area contributed by atoms with Gasteiger partial charge in [-0.05, 0) is 6.07 Å². The molecule has 0 atom stereocenters. The molecule has 18 heavy (non-hydrogen) atoms. The Morgan fingerprint density at radius 1 is 1.67 bits per heavy atom. The zero-order valence-electron chi connectivity index (χ0n) is 9.15. The number of pyridine rings is 1. The molecule has 1 aromatic heterocycles. The van der Waals surface area contributed by atoms with Crippen LogP contribution in [0.25, 0.3) is 0 Å². The summed E-state index contributed by atoms with van der Waals surface area (Å²) >= 11 is 1.44. The maximum Gasteiger partial charge on any atom is 0.298 e. The summed E-state index contributed by atoms with van der Waals surface area (Å²) in [6, 6.07) is 2.83. The summed E-state index contributed by atoms with van der Waals surface area (Å²) in [6.45, 7) is 1.25. The fraction of sp³-hybridized carbons (Fsp3) is 0.333. The molecule has 0 radical (unpaired) electrons. The molecule has 0 amide bonds. The van der Waals surface area contributed by atoms with E-state index in [9.17, 15) is 10.1 Å². The van der Waals surface area contributed by atoms with E-state index in [1.165, 1.54) is 23.9 Å². The van der Waals surface area contributed by atoms with Gasteiger partial charge in [-0.2, -0.15) is 0 Å². The Kier molecular flexibility index (Phi) is 3.63. The molecule has 0 unspecified atom stereocenters. The Balaban J connectivity index is 2.31. The van der Waals surface area contributed by atoms with Crippen molar-refractivity contribution in [2.24, 2.45) is 10.9 Å². The predicted molar refractivity (Wildman–Crippen MR) is 63.9 cm³/mol. The second-order valence-electron chi connectivity index (χ2n) is 3.54. The van der Waals surface area contributed by atoms with Crippen LogP contribution in [0, 0.1) is 10.1 Å². The van der Waals surface area contributed by atoms with E-state index in [1.807, 2.05) is 0 Å². The van der Waals surface area contributed by atoms with Gasteiger partial charge in [-0.25, -0.2) is 4.98 Å². The van der Waals surface area contributed by atoms with E-state index in [0.29, 0.717) is 23.5 Å². The molecule has 0 saturated carbocycles. The van der Waals surface area contributed by atoms with E-state index in [-0.39, 0.29) is 17.2 Å². The number of rotatable bonds is 4. The highest BCUT2D eigenvalue weighted by molar-refractivity contribution is 8.00. The molecule has 1 aliphatic rings. The van der Waals surface area contributed by atoms with Crippen molar-refractivity contribution in [3.63, 3.8) is 0 Å². The van der Waals surface area contributed by atoms with Crippen LogP contribution in [0.1, 0.15) is 5.69 Å². The van der Waals surface area contributed by atoms with Crippen LogP contribution in [0.5, 0.6) is 0 Å². The van der Waals surface area contributed by atoms with Crippen LogP contribution in [-0.4, -0.2) is 39.4 Å². The number of ether oxygens (including phenoxy) is 1. The number of nitrogens with two attached hydrogens (primary N) is 1. The summed E-state index contributed by atoms with van der Waals surface area (Å²) in [5, 5.41) is 23.0. The van der Waals surface area contributed by atoms with Crippen molar-refractivity contribution in [2.45, 2.75) is 10.3 Å². The number of hydrogen-bond donors (Lipinski definition) is 2. The van der Waals surface area contributed by atoms with Gasteiger partial charge in [-0.3, -0.25) is 10.1 Å². The molecule has 1 aromatic rings. The largest absolute Gasteiger partial charge is 0.409 e. The third-order valence-corrected chi connectivity index (χ3v) is 3.36. The monoisotopic (exact) mass is 270 g/mol. The van der Waals surface area contributed by atoms with E-state index < -0.39 is 4.92 Å². The highest BCUT2D eigenvalue weighted by Crippen LogP contribution is 2.28. The molecule has 2 rings (SSSR count). The van der Waals surface area contributed by atoms with Crippen molar-refractivity contribution in [1.29, 1.82) is 0 Å². The molecule has 2 heterocycles. The minimum absolute atomic E-state index is 0.132. The van der Waals surface area contributed by atoms with Crippen molar-refractivity contribution >= 4 is 23.3 Å². The van der Waals surface area contributed by atoms with Crippen molar-refractivity contribution in [3.05, 3.63) is 27.9 Å². The summed E-state index contributed by atoms with van der Waals surface area (Å²) in [7, 11) is 0. The van der Waals surface area contributed by atoms with Gasteiger partial charge in [0.2, 0.25) is 0 Å². The molecule has 1 aliphatic heterocycles. The lowest BCUT2D eigenvalue weighted by Gasteiger charge is -2.24. The van der Waals surface area contributed by atoms with Crippen molar-refractivity contribution in [3.8, 4) is 0 Å². The van der Waals surface area contributed by atoms with Crippen LogP contribution in [-0.2, 0) is 4.74 Å². The van der Waals surface area contributed by atoms with Gasteiger partial charge in [0.1, 0.15) is 0 Å². The number of hydrogen-bond acceptors (Lipinski definition) is 7. The van der Waals surface area contributed by atoms with Crippen molar-refractivity contribution < 1.29 is 14.9 Å². The molecular formula is C9H10N4O4S. The number of thioether (sulfide) groups is 1. The van der Waals surface area contributed by atoms with Gasteiger partial charge < -0.3 is 15.7 Å². The number of nitro groups is 1. The van der Waals surface area contributed by atoms with E-state index in [0.717, 1.165) is 0 Å². The zero-order valence-corrected chi connectivity index (χ0v) is 9.96. The van der Waals surface area contributed by atoms with Crippen LogP contribution in [0.4, 0.5) is 5.69 Å². The Hall–Kier alpha value is -1.87. The number of aromatic nitrogens is 1. The molecule has 0 aliphatic carbocycles. The highest BCUT2D eigenvalue weighted by Gasteiger charge is 2.24. The molecule has 1 saturated heterocycles. The first-order valence-corrected chi connectivity index (χ1v) is 5.87. The second-order valence-corrected chi connectivity index (χ2v) is 4.86. The first-order valence-electron chi connectivity index (χ1n) is 4.99. The molecule has 0 bridgehead atoms. The van der Waals surface area contributed by atoms with E-state index >= 15 is 0 Å². The average Bonchev–Trinajstić information content (AvgIpc) is 2.32. The summed E-state index contributed by atoms with van der Waals surface area (Å²) in [5.74, 6) is -0.381. The van der Waals surface area contributed by atoms with Crippen LogP contribution >= 0.6 is 11.8 Å². The quantitative estimate of drug-likeness (QED) is 0.269. The lowest BCUT2D eigenvalue weighted by Crippen LogP contribution is -2.30.